The average molecular weight is 187 g/mol. The summed E-state index contributed by atoms with van der Waals surface area (Å²) in [6, 6.07) is 8.39. The molecule has 0 spiro atoms. The molecule has 0 saturated carbocycles. The van der Waals surface area contributed by atoms with E-state index in [4.69, 9.17) is 5.73 Å². The molecule has 0 fully saturated rings. The minimum Gasteiger partial charge on any atom is -0.320 e. The van der Waals surface area contributed by atoms with E-state index in [9.17, 15) is 0 Å². The lowest BCUT2D eigenvalue weighted by molar-refractivity contribution is 0.647. The number of benzene rings is 1. The van der Waals surface area contributed by atoms with Crippen LogP contribution in [0.4, 0.5) is 0 Å². The van der Waals surface area contributed by atoms with Crippen molar-refractivity contribution >= 4 is 0 Å². The van der Waals surface area contributed by atoms with Gasteiger partial charge < -0.3 is 5.73 Å². The van der Waals surface area contributed by atoms with Crippen LogP contribution in [-0.2, 0) is 6.42 Å². The van der Waals surface area contributed by atoms with Crippen LogP contribution >= 0.6 is 0 Å². The van der Waals surface area contributed by atoms with Crippen molar-refractivity contribution in [2.45, 2.75) is 20.3 Å². The number of hydrogen-bond acceptors (Lipinski definition) is 1. The van der Waals surface area contributed by atoms with Gasteiger partial charge in [-0.1, -0.05) is 37.8 Å². The van der Waals surface area contributed by atoms with Crippen LogP contribution in [0.25, 0.3) is 0 Å². The third-order valence-corrected chi connectivity index (χ3v) is 1.93. The number of rotatable bonds is 2. The summed E-state index contributed by atoms with van der Waals surface area (Å²) in [4.78, 5) is 0. The summed E-state index contributed by atoms with van der Waals surface area (Å²) >= 11 is 0. The molecular formula is C13H17N. The maximum absolute atomic E-state index is 5.30. The Morgan fingerprint density at radius 2 is 1.86 bits per heavy atom. The second-order valence-electron chi connectivity index (χ2n) is 3.80. The first kappa shape index (κ1) is 10.8. The molecule has 0 radical (unpaired) electrons. The standard InChI is InChI=1S/C13H17N/c1-11(2)10-13-7-5-12(6-8-13)4-3-9-14/h5-8,11H,9-10,14H2,1-2H3. The highest BCUT2D eigenvalue weighted by Crippen LogP contribution is 2.08. The predicted molar refractivity (Wildman–Crippen MR) is 60.9 cm³/mol. The summed E-state index contributed by atoms with van der Waals surface area (Å²) in [6.45, 7) is 4.87. The average Bonchev–Trinajstić information content (AvgIpc) is 2.16. The molecule has 0 aliphatic carbocycles. The van der Waals surface area contributed by atoms with Gasteiger partial charge in [-0.2, -0.15) is 0 Å². The lowest BCUT2D eigenvalue weighted by Crippen LogP contribution is -1.94. The highest BCUT2D eigenvalue weighted by atomic mass is 14.5. The molecule has 0 amide bonds. The van der Waals surface area contributed by atoms with Crippen molar-refractivity contribution in [1.82, 2.24) is 0 Å². The van der Waals surface area contributed by atoms with Gasteiger partial charge in [0.05, 0.1) is 6.54 Å². The lowest BCUT2D eigenvalue weighted by atomic mass is 10.0. The molecule has 14 heavy (non-hydrogen) atoms. The summed E-state index contributed by atoms with van der Waals surface area (Å²) in [5, 5.41) is 0. The van der Waals surface area contributed by atoms with Gasteiger partial charge in [-0.15, -0.1) is 0 Å². The Morgan fingerprint density at radius 3 is 2.36 bits per heavy atom. The molecule has 1 aromatic carbocycles. The fraction of sp³-hybridized carbons (Fsp3) is 0.385. The van der Waals surface area contributed by atoms with E-state index in [2.05, 4.69) is 50.0 Å². The second kappa shape index (κ2) is 5.47. The second-order valence-corrected chi connectivity index (χ2v) is 3.80. The largest absolute Gasteiger partial charge is 0.320 e. The molecule has 0 bridgehead atoms. The van der Waals surface area contributed by atoms with Gasteiger partial charge in [-0.05, 0) is 30.0 Å². The zero-order valence-electron chi connectivity index (χ0n) is 8.88. The molecule has 1 rings (SSSR count). The van der Waals surface area contributed by atoms with E-state index in [0.29, 0.717) is 12.5 Å². The third-order valence-electron chi connectivity index (χ3n) is 1.93. The Hall–Kier alpha value is -1.26. The van der Waals surface area contributed by atoms with Gasteiger partial charge in [0.25, 0.3) is 0 Å². The van der Waals surface area contributed by atoms with E-state index < -0.39 is 0 Å². The topological polar surface area (TPSA) is 26.0 Å². The van der Waals surface area contributed by atoms with Crippen LogP contribution < -0.4 is 5.73 Å². The molecular weight excluding hydrogens is 170 g/mol. The van der Waals surface area contributed by atoms with Crippen molar-refractivity contribution < 1.29 is 0 Å². The molecule has 2 N–H and O–H groups in total. The van der Waals surface area contributed by atoms with Gasteiger partial charge in [0.2, 0.25) is 0 Å². The molecule has 1 nitrogen and oxygen atoms in total. The van der Waals surface area contributed by atoms with Crippen LogP contribution in [-0.4, -0.2) is 6.54 Å². The van der Waals surface area contributed by atoms with Crippen LogP contribution in [0, 0.1) is 17.8 Å². The lowest BCUT2D eigenvalue weighted by Gasteiger charge is -2.03. The van der Waals surface area contributed by atoms with Gasteiger partial charge >= 0.3 is 0 Å². The first-order valence-electron chi connectivity index (χ1n) is 5.00. The summed E-state index contributed by atoms with van der Waals surface area (Å²) in [5.74, 6) is 6.56. The summed E-state index contributed by atoms with van der Waals surface area (Å²) in [6.07, 6.45) is 1.13. The van der Waals surface area contributed by atoms with E-state index >= 15 is 0 Å². The predicted octanol–water partition coefficient (Wildman–Crippen LogP) is 2.20. The third kappa shape index (κ3) is 3.64. The molecule has 1 heteroatoms. The number of nitrogens with two attached hydrogens (primary N) is 1. The smallest absolute Gasteiger partial charge is 0.0555 e. The molecule has 0 heterocycles. The fourth-order valence-electron chi connectivity index (χ4n) is 1.35. The van der Waals surface area contributed by atoms with Crippen LogP contribution in [0.5, 0.6) is 0 Å². The zero-order chi connectivity index (χ0) is 10.4. The van der Waals surface area contributed by atoms with Crippen LogP contribution in [0.15, 0.2) is 24.3 Å². The molecule has 0 aliphatic rings. The SMILES string of the molecule is CC(C)Cc1ccc(C#CCN)cc1. The Labute approximate surface area is 86.3 Å². The molecule has 0 unspecified atom stereocenters. The number of hydrogen-bond donors (Lipinski definition) is 1. The monoisotopic (exact) mass is 187 g/mol. The normalized spacial score (nSPS) is 9.71. The zero-order valence-corrected chi connectivity index (χ0v) is 8.88. The molecule has 0 saturated heterocycles. The van der Waals surface area contributed by atoms with Crippen LogP contribution in [0.3, 0.4) is 0 Å². The Balaban J connectivity index is 2.68. The van der Waals surface area contributed by atoms with Gasteiger partial charge in [0.1, 0.15) is 0 Å². The summed E-state index contributed by atoms with van der Waals surface area (Å²) < 4.78 is 0. The van der Waals surface area contributed by atoms with Crippen molar-refractivity contribution in [3.63, 3.8) is 0 Å². The first-order chi connectivity index (χ1) is 6.72. The molecule has 0 aromatic heterocycles. The minimum atomic E-state index is 0.424. The minimum absolute atomic E-state index is 0.424. The van der Waals surface area contributed by atoms with Crippen LogP contribution in [0.1, 0.15) is 25.0 Å². The van der Waals surface area contributed by atoms with E-state index in [0.717, 1.165) is 12.0 Å². The van der Waals surface area contributed by atoms with Gasteiger partial charge in [-0.25, -0.2) is 0 Å². The molecule has 1 aromatic rings. The Kier molecular flexibility index (Phi) is 4.22. The van der Waals surface area contributed by atoms with Crippen molar-refractivity contribution in [2.75, 3.05) is 6.54 Å². The van der Waals surface area contributed by atoms with Crippen molar-refractivity contribution in [1.29, 1.82) is 0 Å². The quantitative estimate of drug-likeness (QED) is 0.706. The Morgan fingerprint density at radius 1 is 1.21 bits per heavy atom. The molecule has 0 aliphatic heterocycles. The highest BCUT2D eigenvalue weighted by Gasteiger charge is 1.96. The van der Waals surface area contributed by atoms with E-state index in [1.54, 1.807) is 0 Å². The van der Waals surface area contributed by atoms with Gasteiger partial charge in [0.15, 0.2) is 0 Å². The maximum Gasteiger partial charge on any atom is 0.0555 e. The van der Waals surface area contributed by atoms with Crippen molar-refractivity contribution in [3.05, 3.63) is 35.4 Å². The maximum atomic E-state index is 5.30. The van der Waals surface area contributed by atoms with E-state index in [1.165, 1.54) is 5.56 Å². The first-order valence-corrected chi connectivity index (χ1v) is 5.00. The van der Waals surface area contributed by atoms with Gasteiger partial charge in [0, 0.05) is 5.56 Å². The highest BCUT2D eigenvalue weighted by molar-refractivity contribution is 5.36. The molecule has 0 atom stereocenters. The summed E-state index contributed by atoms with van der Waals surface area (Å²) in [5.41, 5.74) is 7.72. The van der Waals surface area contributed by atoms with Gasteiger partial charge in [-0.3, -0.25) is 0 Å². The van der Waals surface area contributed by atoms with E-state index in [-0.39, 0.29) is 0 Å². The van der Waals surface area contributed by atoms with Crippen LogP contribution in [0.2, 0.25) is 0 Å². The van der Waals surface area contributed by atoms with E-state index in [1.807, 2.05) is 0 Å². The van der Waals surface area contributed by atoms with Crippen molar-refractivity contribution in [2.24, 2.45) is 11.7 Å². The summed E-state index contributed by atoms with van der Waals surface area (Å²) in [7, 11) is 0. The fourth-order valence-corrected chi connectivity index (χ4v) is 1.35. The van der Waals surface area contributed by atoms with Crippen molar-refractivity contribution in [3.8, 4) is 11.8 Å². The Bertz CT molecular complexity index is 324. The molecule has 74 valence electrons.